The minimum absolute atomic E-state index is 0.0299. The molecular weight excluding hydrogens is 304 g/mol. The molecule has 0 aliphatic heterocycles. The van der Waals surface area contributed by atoms with E-state index in [0.29, 0.717) is 22.8 Å². The summed E-state index contributed by atoms with van der Waals surface area (Å²) < 4.78 is 0. The third kappa shape index (κ3) is 5.33. The molecule has 0 saturated heterocycles. The molecule has 0 aromatic heterocycles. The number of benzene rings is 2. The Morgan fingerprint density at radius 2 is 1.95 bits per heavy atom. The van der Waals surface area contributed by atoms with Crippen molar-refractivity contribution in [1.82, 2.24) is 0 Å². The van der Waals surface area contributed by atoms with Crippen LogP contribution in [-0.4, -0.2) is 11.7 Å². The molecule has 0 atom stereocenters. The third-order valence-corrected chi connectivity index (χ3v) is 4.18. The number of rotatable bonds is 6. The molecule has 1 amide bonds. The van der Waals surface area contributed by atoms with Gasteiger partial charge in [0.15, 0.2) is 0 Å². The van der Waals surface area contributed by atoms with Gasteiger partial charge in [0.2, 0.25) is 5.91 Å². The number of nitrogens with two attached hydrogens (primary N) is 1. The van der Waals surface area contributed by atoms with E-state index in [4.69, 9.17) is 17.3 Å². The van der Waals surface area contributed by atoms with Gasteiger partial charge in [0, 0.05) is 16.3 Å². The average Bonchev–Trinajstić information content (AvgIpc) is 2.48. The second-order valence-electron chi connectivity index (χ2n) is 4.54. The van der Waals surface area contributed by atoms with Crippen molar-refractivity contribution >= 4 is 40.6 Å². The Kier molecular flexibility index (Phi) is 5.96. The molecule has 110 valence electrons. The molecule has 0 radical (unpaired) electrons. The predicted molar refractivity (Wildman–Crippen MR) is 90.9 cm³/mol. The molecule has 3 N–H and O–H groups in total. The Bertz CT molecular complexity index is 604. The van der Waals surface area contributed by atoms with E-state index in [-0.39, 0.29) is 5.91 Å². The minimum Gasteiger partial charge on any atom is -0.397 e. The average molecular weight is 321 g/mol. The van der Waals surface area contributed by atoms with Gasteiger partial charge in [-0.15, -0.1) is 11.8 Å². The molecule has 0 spiro atoms. The Hall–Kier alpha value is -1.65. The maximum Gasteiger partial charge on any atom is 0.224 e. The van der Waals surface area contributed by atoms with Crippen LogP contribution in [0, 0.1) is 0 Å². The fraction of sp³-hybridized carbons (Fsp3) is 0.188. The number of amides is 1. The summed E-state index contributed by atoms with van der Waals surface area (Å²) in [5.74, 6) is 0.880. The van der Waals surface area contributed by atoms with Crippen LogP contribution in [0.15, 0.2) is 53.4 Å². The van der Waals surface area contributed by atoms with Crippen molar-refractivity contribution in [2.24, 2.45) is 0 Å². The van der Waals surface area contributed by atoms with Crippen LogP contribution in [-0.2, 0) is 4.79 Å². The van der Waals surface area contributed by atoms with Crippen LogP contribution in [0.25, 0.3) is 0 Å². The highest BCUT2D eigenvalue weighted by Crippen LogP contribution is 2.23. The Balaban J connectivity index is 1.72. The molecule has 0 aliphatic rings. The molecule has 0 bridgehead atoms. The quantitative estimate of drug-likeness (QED) is 0.470. The van der Waals surface area contributed by atoms with Crippen LogP contribution in [0.3, 0.4) is 0 Å². The van der Waals surface area contributed by atoms with Crippen molar-refractivity contribution in [2.75, 3.05) is 16.8 Å². The molecular formula is C16H17ClN2OS. The van der Waals surface area contributed by atoms with Gasteiger partial charge in [-0.25, -0.2) is 0 Å². The highest BCUT2D eigenvalue weighted by Gasteiger charge is 2.05. The lowest BCUT2D eigenvalue weighted by Gasteiger charge is -2.08. The van der Waals surface area contributed by atoms with Gasteiger partial charge in [0.1, 0.15) is 0 Å². The first kappa shape index (κ1) is 15.7. The van der Waals surface area contributed by atoms with E-state index >= 15 is 0 Å². The van der Waals surface area contributed by atoms with Gasteiger partial charge in [-0.2, -0.15) is 0 Å². The van der Waals surface area contributed by atoms with Gasteiger partial charge in [-0.1, -0.05) is 29.8 Å². The Morgan fingerprint density at radius 1 is 1.19 bits per heavy atom. The van der Waals surface area contributed by atoms with Gasteiger partial charge < -0.3 is 11.1 Å². The second kappa shape index (κ2) is 7.96. The van der Waals surface area contributed by atoms with Crippen LogP contribution in [0.1, 0.15) is 12.8 Å². The van der Waals surface area contributed by atoms with Gasteiger partial charge in [0.25, 0.3) is 0 Å². The molecule has 5 heteroatoms. The fourth-order valence-electron chi connectivity index (χ4n) is 1.80. The fourth-order valence-corrected chi connectivity index (χ4v) is 2.85. The van der Waals surface area contributed by atoms with Gasteiger partial charge in [0.05, 0.1) is 11.4 Å². The van der Waals surface area contributed by atoms with Crippen molar-refractivity contribution in [3.05, 3.63) is 53.6 Å². The number of nitrogen functional groups attached to an aromatic ring is 1. The molecule has 0 aliphatic carbocycles. The second-order valence-corrected chi connectivity index (χ2v) is 6.15. The molecule has 2 rings (SSSR count). The molecule has 0 unspecified atom stereocenters. The van der Waals surface area contributed by atoms with E-state index in [2.05, 4.69) is 17.4 Å². The maximum absolute atomic E-state index is 11.9. The molecule has 21 heavy (non-hydrogen) atoms. The van der Waals surface area contributed by atoms with Crippen LogP contribution >= 0.6 is 23.4 Å². The van der Waals surface area contributed by atoms with Crippen LogP contribution < -0.4 is 11.1 Å². The number of nitrogens with one attached hydrogen (secondary N) is 1. The molecule has 3 nitrogen and oxygen atoms in total. The number of thioether (sulfide) groups is 1. The first-order valence-electron chi connectivity index (χ1n) is 6.68. The summed E-state index contributed by atoms with van der Waals surface area (Å²) >= 11 is 7.57. The largest absolute Gasteiger partial charge is 0.397 e. The van der Waals surface area contributed by atoms with Crippen LogP contribution in [0.4, 0.5) is 11.4 Å². The highest BCUT2D eigenvalue weighted by atomic mass is 35.5. The van der Waals surface area contributed by atoms with E-state index in [9.17, 15) is 4.79 Å². The normalized spacial score (nSPS) is 10.3. The Morgan fingerprint density at radius 3 is 2.67 bits per heavy atom. The van der Waals surface area contributed by atoms with Crippen LogP contribution in [0.2, 0.25) is 5.02 Å². The van der Waals surface area contributed by atoms with Crippen molar-refractivity contribution in [3.8, 4) is 0 Å². The number of hydrogen-bond donors (Lipinski definition) is 2. The van der Waals surface area contributed by atoms with Crippen molar-refractivity contribution in [3.63, 3.8) is 0 Å². The van der Waals surface area contributed by atoms with Crippen molar-refractivity contribution in [1.29, 1.82) is 0 Å². The molecule has 0 heterocycles. The SMILES string of the molecule is Nc1cc(Cl)ccc1NC(=O)CCCSc1ccccc1. The zero-order chi connectivity index (χ0) is 15.1. The van der Waals surface area contributed by atoms with E-state index in [1.807, 2.05) is 18.2 Å². The summed E-state index contributed by atoms with van der Waals surface area (Å²) in [6.45, 7) is 0. The number of hydrogen-bond acceptors (Lipinski definition) is 3. The summed E-state index contributed by atoms with van der Waals surface area (Å²) in [6.07, 6.45) is 1.29. The van der Waals surface area contributed by atoms with E-state index in [1.54, 1.807) is 30.0 Å². The van der Waals surface area contributed by atoms with Crippen molar-refractivity contribution < 1.29 is 4.79 Å². The zero-order valence-electron chi connectivity index (χ0n) is 11.5. The van der Waals surface area contributed by atoms with E-state index in [1.165, 1.54) is 4.90 Å². The summed E-state index contributed by atoms with van der Waals surface area (Å²) in [7, 11) is 0. The molecule has 2 aromatic rings. The summed E-state index contributed by atoms with van der Waals surface area (Å²) in [4.78, 5) is 13.1. The van der Waals surface area contributed by atoms with Gasteiger partial charge in [-0.05, 0) is 42.5 Å². The van der Waals surface area contributed by atoms with Crippen molar-refractivity contribution in [2.45, 2.75) is 17.7 Å². The van der Waals surface area contributed by atoms with E-state index < -0.39 is 0 Å². The Labute approximate surface area is 133 Å². The highest BCUT2D eigenvalue weighted by molar-refractivity contribution is 7.99. The van der Waals surface area contributed by atoms with Gasteiger partial charge in [-0.3, -0.25) is 4.79 Å². The lowest BCUT2D eigenvalue weighted by Crippen LogP contribution is -2.12. The molecule has 0 saturated carbocycles. The van der Waals surface area contributed by atoms with Crippen LogP contribution in [0.5, 0.6) is 0 Å². The summed E-state index contributed by atoms with van der Waals surface area (Å²) in [5.41, 5.74) is 6.89. The number of halogens is 1. The maximum atomic E-state index is 11.9. The lowest BCUT2D eigenvalue weighted by molar-refractivity contribution is -0.116. The molecule has 0 fully saturated rings. The number of carbonyl (C=O) groups is 1. The van der Waals surface area contributed by atoms with Gasteiger partial charge >= 0.3 is 0 Å². The van der Waals surface area contributed by atoms with E-state index in [0.717, 1.165) is 12.2 Å². The first-order chi connectivity index (χ1) is 10.1. The molecule has 2 aromatic carbocycles. The summed E-state index contributed by atoms with van der Waals surface area (Å²) in [6, 6.07) is 15.2. The number of carbonyl (C=O) groups excluding carboxylic acids is 1. The number of anilines is 2. The minimum atomic E-state index is -0.0299. The monoisotopic (exact) mass is 320 g/mol. The lowest BCUT2D eigenvalue weighted by atomic mass is 10.2. The topological polar surface area (TPSA) is 55.1 Å². The standard InChI is InChI=1S/C16H17ClN2OS/c17-12-8-9-15(14(18)11-12)19-16(20)7-4-10-21-13-5-2-1-3-6-13/h1-3,5-6,8-9,11H,4,7,10,18H2,(H,19,20). The summed E-state index contributed by atoms with van der Waals surface area (Å²) in [5, 5.41) is 3.36. The smallest absolute Gasteiger partial charge is 0.224 e. The zero-order valence-corrected chi connectivity index (χ0v) is 13.1. The first-order valence-corrected chi connectivity index (χ1v) is 8.04. The third-order valence-electron chi connectivity index (χ3n) is 2.85. The predicted octanol–water partition coefficient (Wildman–Crippen LogP) is 4.43.